The molecule has 0 aliphatic rings. The van der Waals surface area contributed by atoms with Crippen molar-refractivity contribution in [3.05, 3.63) is 120 Å². The minimum atomic E-state index is -0.309. The first kappa shape index (κ1) is 35.3. The molecule has 0 amide bonds. The quantitative estimate of drug-likeness (QED) is 0.125. The lowest BCUT2D eigenvalue weighted by Gasteiger charge is -2.28. The van der Waals surface area contributed by atoms with Gasteiger partial charge in [0.2, 0.25) is 0 Å². The third kappa shape index (κ3) is 7.94. The van der Waals surface area contributed by atoms with Crippen molar-refractivity contribution in [1.29, 1.82) is 0 Å². The lowest BCUT2D eigenvalue weighted by molar-refractivity contribution is 0.409. The van der Waals surface area contributed by atoms with E-state index in [0.717, 1.165) is 55.3 Å². The summed E-state index contributed by atoms with van der Waals surface area (Å²) in [6.07, 6.45) is 0. The van der Waals surface area contributed by atoms with Gasteiger partial charge < -0.3 is 27.6 Å². The molecular formula is C42H44O6P2. The van der Waals surface area contributed by atoms with Gasteiger partial charge in [0, 0.05) is 22.3 Å². The van der Waals surface area contributed by atoms with Gasteiger partial charge in [-0.1, -0.05) is 102 Å². The molecule has 0 spiro atoms. The van der Waals surface area contributed by atoms with E-state index in [4.69, 9.17) is 27.6 Å². The first-order valence-corrected chi connectivity index (χ1v) is 18.2. The predicted octanol–water partition coefficient (Wildman–Crippen LogP) is 12.2. The van der Waals surface area contributed by atoms with Gasteiger partial charge in [0.25, 0.3) is 18.1 Å². The predicted molar refractivity (Wildman–Crippen MR) is 209 cm³/mol. The van der Waals surface area contributed by atoms with Crippen LogP contribution in [0.2, 0.25) is 0 Å². The van der Waals surface area contributed by atoms with E-state index >= 15 is 0 Å². The molecule has 258 valence electrons. The lowest BCUT2D eigenvalue weighted by atomic mass is 9.81. The molecule has 0 N–H and O–H groups in total. The highest BCUT2D eigenvalue weighted by atomic mass is 31.1. The van der Waals surface area contributed by atoms with Crippen LogP contribution in [0.3, 0.4) is 0 Å². The molecule has 0 radical (unpaired) electrons. The minimum absolute atomic E-state index is 0.292. The molecule has 6 rings (SSSR count). The number of hydrogen-bond acceptors (Lipinski definition) is 6. The molecule has 0 aromatic heterocycles. The van der Waals surface area contributed by atoms with E-state index in [0.29, 0.717) is 23.0 Å². The Balaban J connectivity index is 1.42. The van der Waals surface area contributed by atoms with Gasteiger partial charge in [-0.2, -0.15) is 0 Å². The molecule has 6 aromatic rings. The fourth-order valence-corrected chi connectivity index (χ4v) is 6.99. The Kier molecular flexibility index (Phi) is 10.4. The van der Waals surface area contributed by atoms with Crippen molar-refractivity contribution in [2.24, 2.45) is 0 Å². The van der Waals surface area contributed by atoms with Gasteiger partial charge in [0.1, 0.15) is 34.5 Å². The first-order valence-electron chi connectivity index (χ1n) is 16.5. The van der Waals surface area contributed by atoms with Crippen molar-refractivity contribution >= 4 is 39.6 Å². The van der Waals surface area contributed by atoms with Crippen LogP contribution < -0.4 is 27.6 Å². The zero-order valence-corrected chi connectivity index (χ0v) is 31.8. The zero-order valence-electron chi connectivity index (χ0n) is 29.8. The number of ether oxygens (including phenoxy) is 2. The van der Waals surface area contributed by atoms with E-state index in [9.17, 15) is 0 Å². The Morgan fingerprint density at radius 3 is 1.14 bits per heavy atom. The monoisotopic (exact) mass is 706 g/mol. The van der Waals surface area contributed by atoms with Crippen molar-refractivity contribution in [2.45, 2.75) is 52.4 Å². The Bertz CT molecular complexity index is 1980. The smallest absolute Gasteiger partial charge is 0.275 e. The van der Waals surface area contributed by atoms with E-state index in [-0.39, 0.29) is 28.9 Å². The van der Waals surface area contributed by atoms with Crippen LogP contribution in [0.25, 0.3) is 32.7 Å². The molecule has 6 nitrogen and oxygen atoms in total. The van der Waals surface area contributed by atoms with Gasteiger partial charge in [-0.3, -0.25) is 0 Å². The summed E-state index contributed by atoms with van der Waals surface area (Å²) < 4.78 is 37.5. The van der Waals surface area contributed by atoms with E-state index in [2.05, 4.69) is 77.9 Å². The van der Waals surface area contributed by atoms with Crippen molar-refractivity contribution in [3.63, 3.8) is 0 Å². The molecule has 8 heteroatoms. The molecular weight excluding hydrogens is 662 g/mol. The maximum atomic E-state index is 6.66. The van der Waals surface area contributed by atoms with Gasteiger partial charge in [-0.05, 0) is 80.9 Å². The molecule has 0 aliphatic carbocycles. The van der Waals surface area contributed by atoms with Gasteiger partial charge in [-0.15, -0.1) is 0 Å². The number of rotatable bonds is 11. The van der Waals surface area contributed by atoms with Crippen LogP contribution in [-0.4, -0.2) is 14.2 Å². The van der Waals surface area contributed by atoms with Crippen molar-refractivity contribution in [2.75, 3.05) is 14.2 Å². The average Bonchev–Trinajstić information content (AvgIpc) is 3.10. The third-order valence-corrected chi connectivity index (χ3v) is 9.76. The maximum Gasteiger partial charge on any atom is 0.275 e. The second-order valence-corrected chi connectivity index (χ2v) is 15.3. The van der Waals surface area contributed by atoms with Gasteiger partial charge >= 0.3 is 0 Å². The molecule has 0 aliphatic heterocycles. The molecule has 0 bridgehead atoms. The minimum Gasteiger partial charge on any atom is -0.497 e. The van der Waals surface area contributed by atoms with E-state index in [1.807, 2.05) is 72.8 Å². The third-order valence-electron chi connectivity index (χ3n) is 8.55. The summed E-state index contributed by atoms with van der Waals surface area (Å²) in [4.78, 5) is 0. The topological polar surface area (TPSA) is 55.4 Å². The summed E-state index contributed by atoms with van der Waals surface area (Å²) in [5, 5.41) is 4.52. The fraction of sp³-hybridized carbons (Fsp3) is 0.238. The van der Waals surface area contributed by atoms with Crippen LogP contribution in [0.1, 0.15) is 52.7 Å². The summed E-state index contributed by atoms with van der Waals surface area (Å²) >= 11 is 0. The van der Waals surface area contributed by atoms with Crippen LogP contribution in [-0.2, 0) is 10.8 Å². The van der Waals surface area contributed by atoms with E-state index in [1.54, 1.807) is 14.2 Å². The summed E-state index contributed by atoms with van der Waals surface area (Å²) in [7, 11) is 2.74. The van der Waals surface area contributed by atoms with E-state index < -0.39 is 0 Å². The highest BCUT2D eigenvalue weighted by molar-refractivity contribution is 7.27. The van der Waals surface area contributed by atoms with E-state index in [1.165, 1.54) is 0 Å². The molecule has 6 aromatic carbocycles. The van der Waals surface area contributed by atoms with Crippen LogP contribution in [0.4, 0.5) is 0 Å². The number of methoxy groups -OCH3 is 2. The molecule has 50 heavy (non-hydrogen) atoms. The molecule has 2 atom stereocenters. The number of hydrogen-bond donors (Lipinski definition) is 0. The number of fused-ring (bicyclic) bond motifs is 2. The lowest BCUT2D eigenvalue weighted by Crippen LogP contribution is -2.15. The SMILES string of the molecule is COc1cc(-c2cc(OC)cc(C(C)(C)C)c2OPOc2ccc3ccccc3c2)c(OPOc2ccc3ccccc3c2)c(C(C)(C)C)c1. The number of benzene rings is 6. The molecule has 0 saturated carbocycles. The second-order valence-electron chi connectivity index (χ2n) is 14.2. The molecule has 2 unspecified atom stereocenters. The van der Waals surface area contributed by atoms with Gasteiger partial charge in [-0.25, -0.2) is 0 Å². The Morgan fingerprint density at radius 1 is 0.400 bits per heavy atom. The normalized spacial score (nSPS) is 12.2. The zero-order chi connectivity index (χ0) is 35.5. The highest BCUT2D eigenvalue weighted by Crippen LogP contribution is 2.51. The van der Waals surface area contributed by atoms with Crippen LogP contribution in [0.15, 0.2) is 109 Å². The van der Waals surface area contributed by atoms with Gasteiger partial charge in [0.05, 0.1) is 14.2 Å². The summed E-state index contributed by atoms with van der Waals surface area (Å²) in [6, 6.07) is 36.6. The summed E-state index contributed by atoms with van der Waals surface area (Å²) in [5.74, 6) is 4.26. The average molecular weight is 707 g/mol. The Labute approximate surface area is 298 Å². The second kappa shape index (κ2) is 14.8. The molecule has 0 fully saturated rings. The Hall–Kier alpha value is -4.50. The van der Waals surface area contributed by atoms with Crippen molar-refractivity contribution < 1.29 is 27.6 Å². The highest BCUT2D eigenvalue weighted by Gasteiger charge is 2.30. The van der Waals surface area contributed by atoms with Crippen molar-refractivity contribution in [1.82, 2.24) is 0 Å². The van der Waals surface area contributed by atoms with Gasteiger partial charge in [0.15, 0.2) is 0 Å². The summed E-state index contributed by atoms with van der Waals surface area (Å²) in [6.45, 7) is 13.0. The van der Waals surface area contributed by atoms with Crippen LogP contribution in [0.5, 0.6) is 34.5 Å². The van der Waals surface area contributed by atoms with Crippen LogP contribution in [0, 0.1) is 0 Å². The summed E-state index contributed by atoms with van der Waals surface area (Å²) in [5.41, 5.74) is 2.97. The Morgan fingerprint density at radius 2 is 0.780 bits per heavy atom. The van der Waals surface area contributed by atoms with Crippen molar-refractivity contribution in [3.8, 4) is 45.6 Å². The molecule has 0 saturated heterocycles. The largest absolute Gasteiger partial charge is 0.497 e. The van der Waals surface area contributed by atoms with Crippen LogP contribution >= 0.6 is 18.1 Å². The fourth-order valence-electron chi connectivity index (χ4n) is 5.86. The standard InChI is InChI=1S/C42H44O6P2/c1-41(2,3)37-25-33(43-7)23-35(39(37)47-49-45-31-19-17-27-13-9-11-15-29(27)21-31)36-24-34(44-8)26-38(42(4,5)6)40(36)48-50-46-32-20-18-28-14-10-12-16-30(28)22-32/h9-26,49-50H,1-8H3. The maximum absolute atomic E-state index is 6.66. The first-order chi connectivity index (χ1) is 23.9. The molecule has 0 heterocycles.